The topological polar surface area (TPSA) is 64.8 Å². The lowest BCUT2D eigenvalue weighted by atomic mass is 10.1. The van der Waals surface area contributed by atoms with Gasteiger partial charge in [0, 0.05) is 13.1 Å². The fourth-order valence-electron chi connectivity index (χ4n) is 2.98. The fraction of sp³-hybridized carbons (Fsp3) is 0.533. The molecule has 1 aromatic rings. The second kappa shape index (κ2) is 5.32. The Labute approximate surface area is 118 Å². The zero-order valence-electron chi connectivity index (χ0n) is 11.7. The number of amides is 1. The SMILES string of the molecule is CCOc1c(N)cccc1C(=O)N1CC2CCC(C1)O2. The number of ether oxygens (including phenoxy) is 2. The smallest absolute Gasteiger partial charge is 0.257 e. The average Bonchev–Trinajstić information content (AvgIpc) is 2.79. The van der Waals surface area contributed by atoms with Crippen LogP contribution in [0.1, 0.15) is 30.1 Å². The Morgan fingerprint density at radius 3 is 2.75 bits per heavy atom. The van der Waals surface area contributed by atoms with E-state index in [0.29, 0.717) is 36.7 Å². The van der Waals surface area contributed by atoms with Gasteiger partial charge in [0.2, 0.25) is 0 Å². The van der Waals surface area contributed by atoms with Gasteiger partial charge in [-0.05, 0) is 31.9 Å². The molecule has 0 aliphatic carbocycles. The minimum Gasteiger partial charge on any atom is -0.491 e. The first-order chi connectivity index (χ1) is 9.69. The number of para-hydroxylation sites is 1. The number of nitrogens with two attached hydrogens (primary N) is 1. The molecule has 2 fully saturated rings. The number of fused-ring (bicyclic) bond motifs is 2. The van der Waals surface area contributed by atoms with Gasteiger partial charge in [0.1, 0.15) is 0 Å². The van der Waals surface area contributed by atoms with Gasteiger partial charge in [-0.15, -0.1) is 0 Å². The molecule has 1 aromatic carbocycles. The number of rotatable bonds is 3. The molecule has 2 unspecified atom stereocenters. The van der Waals surface area contributed by atoms with E-state index in [4.69, 9.17) is 15.2 Å². The first-order valence-electron chi connectivity index (χ1n) is 7.15. The van der Waals surface area contributed by atoms with E-state index in [2.05, 4.69) is 0 Å². The third kappa shape index (κ3) is 2.33. The number of likely N-dealkylation sites (tertiary alicyclic amines) is 1. The lowest BCUT2D eigenvalue weighted by molar-refractivity contribution is -0.0304. The maximum absolute atomic E-state index is 12.7. The summed E-state index contributed by atoms with van der Waals surface area (Å²) >= 11 is 0. The Balaban J connectivity index is 1.85. The molecule has 108 valence electrons. The number of nitrogens with zero attached hydrogens (tertiary/aromatic N) is 1. The van der Waals surface area contributed by atoms with Crippen molar-refractivity contribution in [3.8, 4) is 5.75 Å². The van der Waals surface area contributed by atoms with Crippen molar-refractivity contribution in [3.63, 3.8) is 0 Å². The van der Waals surface area contributed by atoms with Gasteiger partial charge >= 0.3 is 0 Å². The summed E-state index contributed by atoms with van der Waals surface area (Å²) in [5.74, 6) is 0.486. The Bertz CT molecular complexity index is 506. The molecule has 20 heavy (non-hydrogen) atoms. The molecule has 0 radical (unpaired) electrons. The van der Waals surface area contributed by atoms with Crippen LogP contribution < -0.4 is 10.5 Å². The molecule has 1 amide bonds. The molecule has 0 aromatic heterocycles. The van der Waals surface area contributed by atoms with Crippen molar-refractivity contribution < 1.29 is 14.3 Å². The Morgan fingerprint density at radius 1 is 1.40 bits per heavy atom. The maximum atomic E-state index is 12.7. The Hall–Kier alpha value is -1.75. The van der Waals surface area contributed by atoms with Crippen molar-refractivity contribution in [1.29, 1.82) is 0 Å². The molecule has 2 aliphatic rings. The highest BCUT2D eigenvalue weighted by atomic mass is 16.5. The Kier molecular flexibility index (Phi) is 3.53. The van der Waals surface area contributed by atoms with Gasteiger partial charge in [0.25, 0.3) is 5.91 Å². The van der Waals surface area contributed by atoms with E-state index in [0.717, 1.165) is 12.8 Å². The van der Waals surface area contributed by atoms with Crippen LogP contribution in [0.25, 0.3) is 0 Å². The number of morpholine rings is 1. The van der Waals surface area contributed by atoms with Crippen LogP contribution in [0.15, 0.2) is 18.2 Å². The van der Waals surface area contributed by atoms with Crippen molar-refractivity contribution in [1.82, 2.24) is 4.90 Å². The maximum Gasteiger partial charge on any atom is 0.257 e. The van der Waals surface area contributed by atoms with Gasteiger partial charge < -0.3 is 20.1 Å². The lowest BCUT2D eigenvalue weighted by Crippen LogP contribution is -2.45. The normalized spacial score (nSPS) is 24.8. The molecule has 0 spiro atoms. The zero-order chi connectivity index (χ0) is 14.1. The van der Waals surface area contributed by atoms with E-state index in [1.807, 2.05) is 11.8 Å². The highest BCUT2D eigenvalue weighted by Crippen LogP contribution is 2.31. The van der Waals surface area contributed by atoms with Crippen molar-refractivity contribution in [2.75, 3.05) is 25.4 Å². The molecule has 5 nitrogen and oxygen atoms in total. The van der Waals surface area contributed by atoms with Crippen LogP contribution in [-0.4, -0.2) is 42.7 Å². The van der Waals surface area contributed by atoms with Crippen LogP contribution in [0, 0.1) is 0 Å². The first-order valence-corrected chi connectivity index (χ1v) is 7.15. The number of carbonyl (C=O) groups excluding carboxylic acids is 1. The highest BCUT2D eigenvalue weighted by Gasteiger charge is 2.36. The first kappa shape index (κ1) is 13.2. The van der Waals surface area contributed by atoms with E-state index in [1.165, 1.54) is 0 Å². The second-order valence-electron chi connectivity index (χ2n) is 5.32. The summed E-state index contributed by atoms with van der Waals surface area (Å²) in [7, 11) is 0. The van der Waals surface area contributed by atoms with Crippen LogP contribution in [0.4, 0.5) is 5.69 Å². The fourth-order valence-corrected chi connectivity index (χ4v) is 2.98. The number of hydrogen-bond acceptors (Lipinski definition) is 4. The molecule has 2 bridgehead atoms. The highest BCUT2D eigenvalue weighted by molar-refractivity contribution is 5.98. The van der Waals surface area contributed by atoms with Gasteiger partial charge in [0.05, 0.1) is 30.1 Å². The molecule has 2 saturated heterocycles. The van der Waals surface area contributed by atoms with Gasteiger partial charge in [0.15, 0.2) is 5.75 Å². The minimum absolute atomic E-state index is 0.0130. The summed E-state index contributed by atoms with van der Waals surface area (Å²) in [5.41, 5.74) is 6.98. The molecular formula is C15H20N2O3. The van der Waals surface area contributed by atoms with Gasteiger partial charge in [-0.1, -0.05) is 6.07 Å². The molecular weight excluding hydrogens is 256 g/mol. The predicted octanol–water partition coefficient (Wildman–Crippen LogP) is 1.67. The molecule has 2 aliphatic heterocycles. The van der Waals surface area contributed by atoms with Gasteiger partial charge in [-0.2, -0.15) is 0 Å². The third-order valence-electron chi connectivity index (χ3n) is 3.90. The van der Waals surface area contributed by atoms with E-state index < -0.39 is 0 Å². The van der Waals surface area contributed by atoms with Crippen molar-refractivity contribution in [3.05, 3.63) is 23.8 Å². The predicted molar refractivity (Wildman–Crippen MR) is 75.8 cm³/mol. The summed E-state index contributed by atoms with van der Waals surface area (Å²) in [5, 5.41) is 0. The molecule has 0 saturated carbocycles. The summed E-state index contributed by atoms with van der Waals surface area (Å²) < 4.78 is 11.3. The number of hydrogen-bond donors (Lipinski definition) is 1. The summed E-state index contributed by atoms with van der Waals surface area (Å²) in [4.78, 5) is 14.6. The van der Waals surface area contributed by atoms with Crippen molar-refractivity contribution >= 4 is 11.6 Å². The van der Waals surface area contributed by atoms with E-state index in [9.17, 15) is 4.79 Å². The minimum atomic E-state index is -0.0130. The monoisotopic (exact) mass is 276 g/mol. The zero-order valence-corrected chi connectivity index (χ0v) is 11.7. The van der Waals surface area contributed by atoms with Crippen LogP contribution in [-0.2, 0) is 4.74 Å². The number of nitrogen functional groups attached to an aromatic ring is 1. The largest absolute Gasteiger partial charge is 0.491 e. The van der Waals surface area contributed by atoms with Crippen LogP contribution in [0.2, 0.25) is 0 Å². The Morgan fingerprint density at radius 2 is 2.10 bits per heavy atom. The third-order valence-corrected chi connectivity index (χ3v) is 3.90. The van der Waals surface area contributed by atoms with Crippen LogP contribution in [0.5, 0.6) is 5.75 Å². The molecule has 2 heterocycles. The summed E-state index contributed by atoms with van der Waals surface area (Å²) in [6, 6.07) is 5.33. The molecule has 2 N–H and O–H groups in total. The average molecular weight is 276 g/mol. The molecule has 2 atom stereocenters. The number of benzene rings is 1. The van der Waals surface area contributed by atoms with E-state index >= 15 is 0 Å². The number of carbonyl (C=O) groups is 1. The van der Waals surface area contributed by atoms with Gasteiger partial charge in [-0.25, -0.2) is 0 Å². The summed E-state index contributed by atoms with van der Waals surface area (Å²) in [6.07, 6.45) is 2.47. The van der Waals surface area contributed by atoms with Crippen molar-refractivity contribution in [2.45, 2.75) is 32.0 Å². The number of anilines is 1. The molecule has 5 heteroatoms. The van der Waals surface area contributed by atoms with E-state index in [1.54, 1.807) is 18.2 Å². The standard InChI is InChI=1S/C15H20N2O3/c1-2-19-14-12(4-3-5-13(14)16)15(18)17-8-10-6-7-11(9-17)20-10/h3-5,10-11H,2,6-9,16H2,1H3. The van der Waals surface area contributed by atoms with Gasteiger partial charge in [-0.3, -0.25) is 4.79 Å². The van der Waals surface area contributed by atoms with Crippen molar-refractivity contribution in [2.24, 2.45) is 0 Å². The quantitative estimate of drug-likeness (QED) is 0.853. The lowest BCUT2D eigenvalue weighted by Gasteiger charge is -2.32. The van der Waals surface area contributed by atoms with Crippen LogP contribution >= 0.6 is 0 Å². The molecule has 3 rings (SSSR count). The second-order valence-corrected chi connectivity index (χ2v) is 5.32. The summed E-state index contributed by atoms with van der Waals surface area (Å²) in [6.45, 7) is 3.70. The van der Waals surface area contributed by atoms with Crippen LogP contribution in [0.3, 0.4) is 0 Å². The van der Waals surface area contributed by atoms with E-state index in [-0.39, 0.29) is 18.1 Å².